The molecule has 0 amide bonds. The molecule has 0 spiro atoms. The van der Waals surface area contributed by atoms with Crippen LogP contribution in [0.25, 0.3) is 10.6 Å². The molecule has 3 nitrogen and oxygen atoms in total. The molecular formula is C16H11F3N2OS. The van der Waals surface area contributed by atoms with Crippen molar-refractivity contribution in [2.75, 3.05) is 0 Å². The molecule has 0 bridgehead atoms. The maximum absolute atomic E-state index is 12.6. The summed E-state index contributed by atoms with van der Waals surface area (Å²) in [6.45, 7) is 0.121. The molecule has 0 radical (unpaired) electrons. The zero-order chi connectivity index (χ0) is 16.4. The number of hydrogen-bond donors (Lipinski definition) is 0. The number of benzene rings is 1. The molecule has 0 aliphatic carbocycles. The first-order chi connectivity index (χ1) is 10.9. The molecule has 2 aromatic heterocycles. The second-order valence-electron chi connectivity index (χ2n) is 4.89. The lowest BCUT2D eigenvalue weighted by molar-refractivity contribution is -0.137. The zero-order valence-corrected chi connectivity index (χ0v) is 12.6. The van der Waals surface area contributed by atoms with Gasteiger partial charge in [0, 0.05) is 6.07 Å². The van der Waals surface area contributed by atoms with Crippen molar-refractivity contribution < 1.29 is 13.2 Å². The first-order valence-electron chi connectivity index (χ1n) is 6.72. The van der Waals surface area contributed by atoms with Gasteiger partial charge >= 0.3 is 6.18 Å². The van der Waals surface area contributed by atoms with Gasteiger partial charge in [0.1, 0.15) is 5.69 Å². The summed E-state index contributed by atoms with van der Waals surface area (Å²) in [5.41, 5.74) is 0.224. The Morgan fingerprint density at radius 3 is 2.39 bits per heavy atom. The number of rotatable bonds is 3. The van der Waals surface area contributed by atoms with Gasteiger partial charge in [0.25, 0.3) is 5.56 Å². The average molecular weight is 336 g/mol. The quantitative estimate of drug-likeness (QED) is 0.723. The van der Waals surface area contributed by atoms with Gasteiger partial charge in [-0.05, 0) is 35.2 Å². The van der Waals surface area contributed by atoms with E-state index < -0.39 is 11.7 Å². The monoisotopic (exact) mass is 336 g/mol. The highest BCUT2D eigenvalue weighted by molar-refractivity contribution is 7.13. The van der Waals surface area contributed by atoms with Crippen LogP contribution in [0.4, 0.5) is 13.2 Å². The molecule has 2 heterocycles. The molecule has 1 aromatic carbocycles. The van der Waals surface area contributed by atoms with E-state index >= 15 is 0 Å². The largest absolute Gasteiger partial charge is 0.416 e. The van der Waals surface area contributed by atoms with Crippen LogP contribution in [0, 0.1) is 0 Å². The van der Waals surface area contributed by atoms with Gasteiger partial charge in [-0.1, -0.05) is 18.2 Å². The fourth-order valence-corrected chi connectivity index (χ4v) is 2.78. The van der Waals surface area contributed by atoms with Crippen LogP contribution in [0.2, 0.25) is 0 Å². The van der Waals surface area contributed by atoms with Crippen molar-refractivity contribution in [2.24, 2.45) is 0 Å². The molecule has 3 aromatic rings. The molecular weight excluding hydrogens is 325 g/mol. The van der Waals surface area contributed by atoms with Gasteiger partial charge in [-0.15, -0.1) is 11.3 Å². The lowest BCUT2D eigenvalue weighted by Gasteiger charge is -2.09. The number of thiophene rings is 1. The molecule has 23 heavy (non-hydrogen) atoms. The highest BCUT2D eigenvalue weighted by Crippen LogP contribution is 2.29. The molecule has 0 unspecified atom stereocenters. The van der Waals surface area contributed by atoms with Crippen molar-refractivity contribution in [3.05, 3.63) is 75.4 Å². The normalized spacial score (nSPS) is 11.6. The molecule has 0 atom stereocenters. The fraction of sp³-hybridized carbons (Fsp3) is 0.125. The summed E-state index contributed by atoms with van der Waals surface area (Å²) >= 11 is 1.50. The molecule has 7 heteroatoms. The summed E-state index contributed by atoms with van der Waals surface area (Å²) in [4.78, 5) is 12.8. The molecule has 0 saturated carbocycles. The average Bonchev–Trinajstić information content (AvgIpc) is 3.03. The molecule has 0 fully saturated rings. The fourth-order valence-electron chi connectivity index (χ4n) is 2.09. The Kier molecular flexibility index (Phi) is 4.04. The molecule has 0 aliphatic rings. The van der Waals surface area contributed by atoms with Crippen LogP contribution in [0.1, 0.15) is 11.1 Å². The Balaban J connectivity index is 1.88. The van der Waals surface area contributed by atoms with E-state index in [9.17, 15) is 18.0 Å². The SMILES string of the molecule is O=c1ccc(-c2cccs2)nn1Cc1ccc(C(F)(F)F)cc1. The Labute approximate surface area is 133 Å². The number of hydrogen-bond acceptors (Lipinski definition) is 3. The summed E-state index contributed by atoms with van der Waals surface area (Å²) in [5, 5.41) is 6.18. The minimum atomic E-state index is -4.37. The third-order valence-corrected chi connectivity index (χ3v) is 4.15. The first kappa shape index (κ1) is 15.5. The van der Waals surface area contributed by atoms with E-state index in [0.29, 0.717) is 11.3 Å². The van der Waals surface area contributed by atoms with E-state index in [1.165, 1.54) is 34.2 Å². The van der Waals surface area contributed by atoms with Crippen LogP contribution in [0.15, 0.2) is 58.7 Å². The smallest absolute Gasteiger partial charge is 0.268 e. The maximum Gasteiger partial charge on any atom is 0.416 e. The minimum absolute atomic E-state index is 0.121. The Hall–Kier alpha value is -2.41. The summed E-state index contributed by atoms with van der Waals surface area (Å²) in [7, 11) is 0. The summed E-state index contributed by atoms with van der Waals surface area (Å²) < 4.78 is 38.9. The van der Waals surface area contributed by atoms with E-state index in [-0.39, 0.29) is 12.1 Å². The highest BCUT2D eigenvalue weighted by atomic mass is 32.1. The lowest BCUT2D eigenvalue weighted by atomic mass is 10.1. The van der Waals surface area contributed by atoms with Crippen LogP contribution in [-0.4, -0.2) is 9.78 Å². The minimum Gasteiger partial charge on any atom is -0.268 e. The maximum atomic E-state index is 12.6. The van der Waals surface area contributed by atoms with Gasteiger partial charge in [-0.3, -0.25) is 4.79 Å². The number of nitrogens with zero attached hydrogens (tertiary/aromatic N) is 2. The van der Waals surface area contributed by atoms with E-state index in [1.807, 2.05) is 17.5 Å². The third kappa shape index (κ3) is 3.50. The third-order valence-electron chi connectivity index (χ3n) is 3.25. The molecule has 0 saturated heterocycles. The van der Waals surface area contributed by atoms with Crippen molar-refractivity contribution in [1.29, 1.82) is 0 Å². The lowest BCUT2D eigenvalue weighted by Crippen LogP contribution is -2.22. The number of alkyl halides is 3. The first-order valence-corrected chi connectivity index (χ1v) is 7.59. The molecule has 118 valence electrons. The van der Waals surface area contributed by atoms with Crippen LogP contribution >= 0.6 is 11.3 Å². The summed E-state index contributed by atoms with van der Waals surface area (Å²) in [5.74, 6) is 0. The second kappa shape index (κ2) is 6.00. The predicted molar refractivity (Wildman–Crippen MR) is 82.4 cm³/mol. The van der Waals surface area contributed by atoms with E-state index in [1.54, 1.807) is 6.07 Å². The van der Waals surface area contributed by atoms with E-state index in [2.05, 4.69) is 5.10 Å². The van der Waals surface area contributed by atoms with Crippen molar-refractivity contribution in [3.63, 3.8) is 0 Å². The van der Waals surface area contributed by atoms with Crippen LogP contribution in [-0.2, 0) is 12.7 Å². The van der Waals surface area contributed by atoms with Crippen molar-refractivity contribution >= 4 is 11.3 Å². The van der Waals surface area contributed by atoms with Crippen molar-refractivity contribution in [3.8, 4) is 10.6 Å². The van der Waals surface area contributed by atoms with Crippen LogP contribution in [0.3, 0.4) is 0 Å². The number of aromatic nitrogens is 2. The Morgan fingerprint density at radius 2 is 1.78 bits per heavy atom. The topological polar surface area (TPSA) is 34.9 Å². The van der Waals surface area contributed by atoms with E-state index in [4.69, 9.17) is 0 Å². The Morgan fingerprint density at radius 1 is 1.04 bits per heavy atom. The molecule has 0 aliphatic heterocycles. The van der Waals surface area contributed by atoms with Gasteiger partial charge in [-0.2, -0.15) is 18.3 Å². The van der Waals surface area contributed by atoms with Gasteiger partial charge in [0.15, 0.2) is 0 Å². The van der Waals surface area contributed by atoms with E-state index in [0.717, 1.165) is 17.0 Å². The van der Waals surface area contributed by atoms with Gasteiger partial charge < -0.3 is 0 Å². The van der Waals surface area contributed by atoms with Crippen molar-refractivity contribution in [2.45, 2.75) is 12.7 Å². The zero-order valence-electron chi connectivity index (χ0n) is 11.7. The van der Waals surface area contributed by atoms with Crippen LogP contribution in [0.5, 0.6) is 0 Å². The van der Waals surface area contributed by atoms with Crippen LogP contribution < -0.4 is 5.56 Å². The summed E-state index contributed by atoms with van der Waals surface area (Å²) in [6, 6.07) is 11.5. The van der Waals surface area contributed by atoms with Crippen molar-refractivity contribution in [1.82, 2.24) is 9.78 Å². The Bertz CT molecular complexity index is 852. The van der Waals surface area contributed by atoms with Gasteiger partial charge in [0.05, 0.1) is 17.0 Å². The predicted octanol–water partition coefficient (Wildman–Crippen LogP) is 4.04. The van der Waals surface area contributed by atoms with Gasteiger partial charge in [-0.25, -0.2) is 4.68 Å². The summed E-state index contributed by atoms with van der Waals surface area (Å²) in [6.07, 6.45) is -4.37. The molecule has 0 N–H and O–H groups in total. The second-order valence-corrected chi connectivity index (χ2v) is 5.83. The number of halogens is 3. The standard InChI is InChI=1S/C16H11F3N2OS/c17-16(18,19)12-5-3-11(4-6-12)10-21-15(22)8-7-13(20-21)14-2-1-9-23-14/h1-9H,10H2. The highest BCUT2D eigenvalue weighted by Gasteiger charge is 2.29. The molecule has 3 rings (SSSR count). The van der Waals surface area contributed by atoms with Gasteiger partial charge in [0.2, 0.25) is 0 Å².